The molecule has 0 radical (unpaired) electrons. The predicted octanol–water partition coefficient (Wildman–Crippen LogP) is 2.64. The van der Waals surface area contributed by atoms with E-state index in [9.17, 15) is 9.59 Å². The van der Waals surface area contributed by atoms with Crippen LogP contribution in [0.25, 0.3) is 0 Å². The van der Waals surface area contributed by atoms with E-state index in [1.807, 2.05) is 18.2 Å². The zero-order valence-electron chi connectivity index (χ0n) is 11.2. The van der Waals surface area contributed by atoms with Crippen molar-refractivity contribution in [2.75, 3.05) is 0 Å². The van der Waals surface area contributed by atoms with E-state index in [1.54, 1.807) is 0 Å². The lowest BCUT2D eigenvalue weighted by atomic mass is 9.94. The van der Waals surface area contributed by atoms with E-state index >= 15 is 0 Å². The number of Topliss-reactive ketones (excluding diaryl/α,β-unsaturated/α-hetero) is 1. The van der Waals surface area contributed by atoms with Crippen LogP contribution in [0.4, 0.5) is 0 Å². The summed E-state index contributed by atoms with van der Waals surface area (Å²) in [4.78, 5) is 22.9. The van der Waals surface area contributed by atoms with E-state index in [2.05, 4.69) is 17.4 Å². The molecule has 1 aromatic rings. The number of nitrogens with one attached hydrogen (secondary N) is 1. The second kappa shape index (κ2) is 7.07. The van der Waals surface area contributed by atoms with Gasteiger partial charge < -0.3 is 5.32 Å². The van der Waals surface area contributed by atoms with Crippen LogP contribution in [-0.4, -0.2) is 17.7 Å². The maximum Gasteiger partial charge on any atom is 0.220 e. The molecule has 1 aromatic carbocycles. The van der Waals surface area contributed by atoms with Crippen molar-refractivity contribution in [2.24, 2.45) is 0 Å². The van der Waals surface area contributed by atoms with E-state index in [-0.39, 0.29) is 11.9 Å². The molecule has 1 N–H and O–H groups in total. The van der Waals surface area contributed by atoms with Crippen molar-refractivity contribution in [2.45, 2.75) is 51.0 Å². The Morgan fingerprint density at radius 3 is 2.53 bits per heavy atom. The third-order valence-electron chi connectivity index (χ3n) is 3.62. The SMILES string of the molecule is O=C1CCC(NC(=O)CCCc2ccccc2)CC1. The first-order valence-corrected chi connectivity index (χ1v) is 7.09. The van der Waals surface area contributed by atoms with Crippen LogP contribution in [0.2, 0.25) is 0 Å². The Hall–Kier alpha value is -1.64. The summed E-state index contributed by atoms with van der Waals surface area (Å²) in [5.74, 6) is 0.449. The van der Waals surface area contributed by atoms with E-state index in [0.29, 0.717) is 25.0 Å². The summed E-state index contributed by atoms with van der Waals surface area (Å²) in [6, 6.07) is 10.4. The summed E-state index contributed by atoms with van der Waals surface area (Å²) < 4.78 is 0. The average Bonchev–Trinajstić information content (AvgIpc) is 2.43. The highest BCUT2D eigenvalue weighted by Gasteiger charge is 2.19. The van der Waals surface area contributed by atoms with Crippen molar-refractivity contribution in [1.82, 2.24) is 5.32 Å². The molecule has 3 nitrogen and oxygen atoms in total. The Morgan fingerprint density at radius 1 is 1.16 bits per heavy atom. The van der Waals surface area contributed by atoms with Gasteiger partial charge in [0.1, 0.15) is 5.78 Å². The number of benzene rings is 1. The van der Waals surface area contributed by atoms with Crippen LogP contribution >= 0.6 is 0 Å². The number of carbonyl (C=O) groups is 2. The van der Waals surface area contributed by atoms with Crippen molar-refractivity contribution in [1.29, 1.82) is 0 Å². The fourth-order valence-electron chi connectivity index (χ4n) is 2.48. The molecule has 1 fully saturated rings. The van der Waals surface area contributed by atoms with Gasteiger partial charge >= 0.3 is 0 Å². The number of rotatable bonds is 5. The van der Waals surface area contributed by atoms with Gasteiger partial charge in [-0.3, -0.25) is 9.59 Å². The van der Waals surface area contributed by atoms with Gasteiger partial charge in [0.15, 0.2) is 0 Å². The second-order valence-corrected chi connectivity index (χ2v) is 5.22. The first kappa shape index (κ1) is 13.8. The summed E-state index contributed by atoms with van der Waals surface area (Å²) >= 11 is 0. The molecule has 1 aliphatic rings. The number of ketones is 1. The topological polar surface area (TPSA) is 46.2 Å². The Kier molecular flexibility index (Phi) is 5.13. The highest BCUT2D eigenvalue weighted by Crippen LogP contribution is 2.15. The van der Waals surface area contributed by atoms with Gasteiger partial charge in [0.25, 0.3) is 0 Å². The van der Waals surface area contributed by atoms with Crippen LogP contribution in [0.3, 0.4) is 0 Å². The zero-order valence-corrected chi connectivity index (χ0v) is 11.2. The summed E-state index contributed by atoms with van der Waals surface area (Å²) in [7, 11) is 0. The van der Waals surface area contributed by atoms with Gasteiger partial charge in [-0.25, -0.2) is 0 Å². The quantitative estimate of drug-likeness (QED) is 0.883. The molecule has 0 spiro atoms. The summed E-state index contributed by atoms with van der Waals surface area (Å²) in [5.41, 5.74) is 1.28. The molecule has 1 aliphatic carbocycles. The van der Waals surface area contributed by atoms with Crippen molar-refractivity contribution < 1.29 is 9.59 Å². The molecule has 2 rings (SSSR count). The molecule has 102 valence electrons. The first-order valence-electron chi connectivity index (χ1n) is 7.09. The van der Waals surface area contributed by atoms with Crippen LogP contribution in [0.1, 0.15) is 44.1 Å². The van der Waals surface area contributed by atoms with Crippen molar-refractivity contribution in [3.05, 3.63) is 35.9 Å². The molecule has 1 saturated carbocycles. The third kappa shape index (κ3) is 4.86. The summed E-state index contributed by atoms with van der Waals surface area (Å²) in [5, 5.41) is 3.03. The Labute approximate surface area is 114 Å². The summed E-state index contributed by atoms with van der Waals surface area (Å²) in [6.45, 7) is 0. The fraction of sp³-hybridized carbons (Fsp3) is 0.500. The molecule has 0 aromatic heterocycles. The van der Waals surface area contributed by atoms with Gasteiger partial charge in [0.05, 0.1) is 0 Å². The molecule has 0 saturated heterocycles. The second-order valence-electron chi connectivity index (χ2n) is 5.22. The highest BCUT2D eigenvalue weighted by atomic mass is 16.1. The standard InChI is InChI=1S/C16H21NO2/c18-15-11-9-14(10-12-15)17-16(19)8-4-7-13-5-2-1-3-6-13/h1-3,5-6,14H,4,7-12H2,(H,17,19). The van der Waals surface area contributed by atoms with E-state index in [4.69, 9.17) is 0 Å². The molecule has 0 aliphatic heterocycles. The van der Waals surface area contributed by atoms with Crippen LogP contribution < -0.4 is 5.32 Å². The van der Waals surface area contributed by atoms with E-state index in [0.717, 1.165) is 25.7 Å². The maximum atomic E-state index is 11.8. The van der Waals surface area contributed by atoms with Crippen molar-refractivity contribution in [3.63, 3.8) is 0 Å². The number of hydrogen-bond donors (Lipinski definition) is 1. The minimum Gasteiger partial charge on any atom is -0.353 e. The van der Waals surface area contributed by atoms with E-state index < -0.39 is 0 Å². The molecule has 0 unspecified atom stereocenters. The van der Waals surface area contributed by atoms with E-state index in [1.165, 1.54) is 5.56 Å². The Morgan fingerprint density at radius 2 is 1.84 bits per heavy atom. The lowest BCUT2D eigenvalue weighted by molar-refractivity contribution is -0.124. The average molecular weight is 259 g/mol. The molecule has 0 atom stereocenters. The van der Waals surface area contributed by atoms with Crippen LogP contribution in [0, 0.1) is 0 Å². The normalized spacial score (nSPS) is 16.3. The number of carbonyl (C=O) groups excluding carboxylic acids is 2. The Balaban J connectivity index is 1.63. The van der Waals surface area contributed by atoms with Gasteiger partial charge in [-0.1, -0.05) is 30.3 Å². The van der Waals surface area contributed by atoms with Crippen molar-refractivity contribution >= 4 is 11.7 Å². The molecule has 19 heavy (non-hydrogen) atoms. The van der Waals surface area contributed by atoms with Crippen LogP contribution in [0.5, 0.6) is 0 Å². The molecule has 3 heteroatoms. The fourth-order valence-corrected chi connectivity index (χ4v) is 2.48. The lowest BCUT2D eigenvalue weighted by Gasteiger charge is -2.22. The van der Waals surface area contributed by atoms with Crippen LogP contribution in [0.15, 0.2) is 30.3 Å². The molecule has 0 heterocycles. The Bertz CT molecular complexity index is 418. The molecular formula is C16H21NO2. The minimum atomic E-state index is 0.121. The number of aryl methyl sites for hydroxylation is 1. The largest absolute Gasteiger partial charge is 0.353 e. The molecule has 1 amide bonds. The minimum absolute atomic E-state index is 0.121. The highest BCUT2D eigenvalue weighted by molar-refractivity contribution is 5.80. The summed E-state index contributed by atoms with van der Waals surface area (Å²) in [6.07, 6.45) is 5.24. The predicted molar refractivity (Wildman–Crippen MR) is 74.8 cm³/mol. The third-order valence-corrected chi connectivity index (χ3v) is 3.62. The zero-order chi connectivity index (χ0) is 13.5. The number of amides is 1. The van der Waals surface area contributed by atoms with Gasteiger partial charge in [0.2, 0.25) is 5.91 Å². The van der Waals surface area contributed by atoms with Gasteiger partial charge in [0, 0.05) is 25.3 Å². The molecule has 0 bridgehead atoms. The maximum absolute atomic E-state index is 11.8. The number of hydrogen-bond acceptors (Lipinski definition) is 2. The van der Waals surface area contributed by atoms with Gasteiger partial charge in [-0.2, -0.15) is 0 Å². The van der Waals surface area contributed by atoms with Gasteiger partial charge in [-0.15, -0.1) is 0 Å². The van der Waals surface area contributed by atoms with Crippen LogP contribution in [-0.2, 0) is 16.0 Å². The molecular weight excluding hydrogens is 238 g/mol. The van der Waals surface area contributed by atoms with Crippen molar-refractivity contribution in [3.8, 4) is 0 Å². The van der Waals surface area contributed by atoms with Gasteiger partial charge in [-0.05, 0) is 31.2 Å². The lowest BCUT2D eigenvalue weighted by Crippen LogP contribution is -2.37. The monoisotopic (exact) mass is 259 g/mol. The first-order chi connectivity index (χ1) is 9.24. The smallest absolute Gasteiger partial charge is 0.220 e.